The van der Waals surface area contributed by atoms with E-state index in [9.17, 15) is 8.78 Å². The third-order valence-electron chi connectivity index (χ3n) is 3.01. The standard InChI is InChI=1S/C15H11F2N3O/c1-8-2-10(7-19-6-8)14-13(15(18)20-21-14)9-3-11(16)5-12(17)4-9/h2-7H,1H3,(H2,18,20). The summed E-state index contributed by atoms with van der Waals surface area (Å²) in [7, 11) is 0. The van der Waals surface area contributed by atoms with E-state index in [4.69, 9.17) is 10.3 Å². The SMILES string of the molecule is Cc1cncc(-c2onc(N)c2-c2cc(F)cc(F)c2)c1. The van der Waals surface area contributed by atoms with Gasteiger partial charge in [-0.15, -0.1) is 0 Å². The summed E-state index contributed by atoms with van der Waals surface area (Å²) in [5.74, 6) is -0.997. The quantitative estimate of drug-likeness (QED) is 0.782. The van der Waals surface area contributed by atoms with Crippen LogP contribution in [0.25, 0.3) is 22.5 Å². The van der Waals surface area contributed by atoms with E-state index in [0.29, 0.717) is 16.9 Å². The third-order valence-corrected chi connectivity index (χ3v) is 3.01. The first-order valence-electron chi connectivity index (χ1n) is 6.18. The summed E-state index contributed by atoms with van der Waals surface area (Å²) in [6, 6.07) is 4.98. The van der Waals surface area contributed by atoms with Crippen molar-refractivity contribution in [1.29, 1.82) is 0 Å². The van der Waals surface area contributed by atoms with E-state index in [2.05, 4.69) is 10.1 Å². The van der Waals surface area contributed by atoms with Crippen molar-refractivity contribution < 1.29 is 13.3 Å². The van der Waals surface area contributed by atoms with E-state index >= 15 is 0 Å². The number of nitrogen functional groups attached to an aromatic ring is 1. The lowest BCUT2D eigenvalue weighted by Gasteiger charge is -2.04. The number of pyridine rings is 1. The van der Waals surface area contributed by atoms with E-state index in [1.54, 1.807) is 12.4 Å². The molecule has 21 heavy (non-hydrogen) atoms. The van der Waals surface area contributed by atoms with Crippen LogP contribution in [0.4, 0.5) is 14.6 Å². The van der Waals surface area contributed by atoms with Gasteiger partial charge in [-0.2, -0.15) is 0 Å². The summed E-state index contributed by atoms with van der Waals surface area (Å²) in [6.45, 7) is 1.87. The van der Waals surface area contributed by atoms with Crippen molar-refractivity contribution in [3.05, 3.63) is 53.9 Å². The molecule has 106 valence electrons. The van der Waals surface area contributed by atoms with Gasteiger partial charge in [0.2, 0.25) is 0 Å². The molecule has 0 amide bonds. The van der Waals surface area contributed by atoms with E-state index in [1.807, 2.05) is 13.0 Å². The molecule has 0 radical (unpaired) electrons. The first-order valence-corrected chi connectivity index (χ1v) is 6.18. The largest absolute Gasteiger partial charge is 0.380 e. The minimum Gasteiger partial charge on any atom is -0.380 e. The Morgan fingerprint density at radius 3 is 2.38 bits per heavy atom. The summed E-state index contributed by atoms with van der Waals surface area (Å²) in [6.07, 6.45) is 3.26. The number of benzene rings is 1. The zero-order chi connectivity index (χ0) is 15.0. The number of hydrogen-bond donors (Lipinski definition) is 1. The Morgan fingerprint density at radius 1 is 1.00 bits per heavy atom. The van der Waals surface area contributed by atoms with Crippen LogP contribution in [-0.2, 0) is 0 Å². The fourth-order valence-electron chi connectivity index (χ4n) is 2.16. The predicted molar refractivity (Wildman–Crippen MR) is 74.2 cm³/mol. The average Bonchev–Trinajstić information content (AvgIpc) is 2.79. The highest BCUT2D eigenvalue weighted by atomic mass is 19.1. The topological polar surface area (TPSA) is 64.9 Å². The Hall–Kier alpha value is -2.76. The summed E-state index contributed by atoms with van der Waals surface area (Å²) < 4.78 is 32.0. The molecular weight excluding hydrogens is 276 g/mol. The molecule has 0 fully saturated rings. The molecule has 0 aliphatic heterocycles. The van der Waals surface area contributed by atoms with Crippen molar-refractivity contribution >= 4 is 5.82 Å². The van der Waals surface area contributed by atoms with E-state index in [0.717, 1.165) is 11.6 Å². The summed E-state index contributed by atoms with van der Waals surface area (Å²) in [5.41, 5.74) is 7.95. The number of aromatic nitrogens is 2. The fraction of sp³-hybridized carbons (Fsp3) is 0.0667. The van der Waals surface area contributed by atoms with Gasteiger partial charge >= 0.3 is 0 Å². The number of hydrogen-bond acceptors (Lipinski definition) is 4. The van der Waals surface area contributed by atoms with Gasteiger partial charge in [0.1, 0.15) is 11.6 Å². The number of nitrogens with zero attached hydrogens (tertiary/aromatic N) is 2. The van der Waals surface area contributed by atoms with Gasteiger partial charge in [0.15, 0.2) is 11.6 Å². The monoisotopic (exact) mass is 287 g/mol. The van der Waals surface area contributed by atoms with Crippen molar-refractivity contribution in [1.82, 2.24) is 10.1 Å². The molecule has 0 aliphatic carbocycles. The first kappa shape index (κ1) is 13.2. The van der Waals surface area contributed by atoms with Crippen LogP contribution in [0.3, 0.4) is 0 Å². The number of aryl methyl sites for hydroxylation is 1. The molecule has 3 aromatic rings. The number of nitrogens with two attached hydrogens (primary N) is 1. The molecule has 2 aromatic heterocycles. The van der Waals surface area contributed by atoms with Crippen molar-refractivity contribution in [2.75, 3.05) is 5.73 Å². The van der Waals surface area contributed by atoms with E-state index < -0.39 is 11.6 Å². The number of rotatable bonds is 2. The summed E-state index contributed by atoms with van der Waals surface area (Å²) >= 11 is 0. The molecular formula is C15H11F2N3O. The van der Waals surface area contributed by atoms with Gasteiger partial charge < -0.3 is 10.3 Å². The summed E-state index contributed by atoms with van der Waals surface area (Å²) in [5, 5.41) is 3.69. The van der Waals surface area contributed by atoms with Crippen LogP contribution in [0, 0.1) is 18.6 Å². The van der Waals surface area contributed by atoms with E-state index in [1.165, 1.54) is 12.1 Å². The first-order chi connectivity index (χ1) is 10.0. The zero-order valence-corrected chi connectivity index (χ0v) is 11.1. The van der Waals surface area contributed by atoms with Crippen molar-refractivity contribution in [2.45, 2.75) is 6.92 Å². The van der Waals surface area contributed by atoms with Gasteiger partial charge in [0.25, 0.3) is 0 Å². The maximum absolute atomic E-state index is 13.4. The van der Waals surface area contributed by atoms with Gasteiger partial charge in [0, 0.05) is 24.0 Å². The second-order valence-corrected chi connectivity index (χ2v) is 4.68. The minimum absolute atomic E-state index is 0.0662. The molecule has 4 nitrogen and oxygen atoms in total. The Morgan fingerprint density at radius 2 is 1.71 bits per heavy atom. The number of anilines is 1. The van der Waals surface area contributed by atoms with Crippen LogP contribution in [0.1, 0.15) is 5.56 Å². The molecule has 2 N–H and O–H groups in total. The van der Waals surface area contributed by atoms with Crippen LogP contribution in [0.15, 0.2) is 41.2 Å². The molecule has 6 heteroatoms. The highest BCUT2D eigenvalue weighted by molar-refractivity contribution is 5.86. The van der Waals surface area contributed by atoms with Crippen molar-refractivity contribution in [3.63, 3.8) is 0 Å². The molecule has 0 spiro atoms. The third kappa shape index (κ3) is 2.47. The lowest BCUT2D eigenvalue weighted by atomic mass is 10.0. The van der Waals surface area contributed by atoms with Gasteiger partial charge in [-0.05, 0) is 36.2 Å². The Labute approximate surface area is 119 Å². The molecule has 1 aromatic carbocycles. The van der Waals surface area contributed by atoms with Crippen molar-refractivity contribution in [3.8, 4) is 22.5 Å². The molecule has 2 heterocycles. The van der Waals surface area contributed by atoms with Gasteiger partial charge in [0.05, 0.1) is 5.56 Å². The molecule has 0 saturated heterocycles. The summed E-state index contributed by atoms with van der Waals surface area (Å²) in [4.78, 5) is 4.06. The second-order valence-electron chi connectivity index (χ2n) is 4.68. The molecule has 0 unspecified atom stereocenters. The van der Waals surface area contributed by atoms with Crippen LogP contribution >= 0.6 is 0 Å². The Balaban J connectivity index is 2.22. The minimum atomic E-state index is -0.695. The Kier molecular flexibility index (Phi) is 3.13. The molecule has 0 aliphatic rings. The van der Waals surface area contributed by atoms with Gasteiger partial charge in [-0.1, -0.05) is 5.16 Å². The van der Waals surface area contributed by atoms with Gasteiger partial charge in [-0.3, -0.25) is 4.98 Å². The van der Waals surface area contributed by atoms with Crippen LogP contribution in [0.2, 0.25) is 0 Å². The molecule has 0 saturated carbocycles. The lowest BCUT2D eigenvalue weighted by molar-refractivity contribution is 0.436. The van der Waals surface area contributed by atoms with Crippen molar-refractivity contribution in [2.24, 2.45) is 0 Å². The van der Waals surface area contributed by atoms with Gasteiger partial charge in [-0.25, -0.2) is 8.78 Å². The molecule has 0 atom stereocenters. The smallest absolute Gasteiger partial charge is 0.178 e. The maximum Gasteiger partial charge on any atom is 0.178 e. The van der Waals surface area contributed by atoms with Crippen LogP contribution in [-0.4, -0.2) is 10.1 Å². The highest BCUT2D eigenvalue weighted by Gasteiger charge is 2.19. The van der Waals surface area contributed by atoms with Crippen LogP contribution in [0.5, 0.6) is 0 Å². The zero-order valence-electron chi connectivity index (χ0n) is 11.1. The average molecular weight is 287 g/mol. The predicted octanol–water partition coefficient (Wildman–Crippen LogP) is 3.57. The lowest BCUT2D eigenvalue weighted by Crippen LogP contribution is -1.91. The number of halogens is 2. The van der Waals surface area contributed by atoms with Crippen LogP contribution < -0.4 is 5.73 Å². The molecule has 3 rings (SSSR count). The molecule has 0 bridgehead atoms. The van der Waals surface area contributed by atoms with E-state index in [-0.39, 0.29) is 11.4 Å². The Bertz CT molecular complexity index is 794. The fourth-order valence-corrected chi connectivity index (χ4v) is 2.16. The highest BCUT2D eigenvalue weighted by Crippen LogP contribution is 2.37. The normalized spacial score (nSPS) is 10.8. The maximum atomic E-state index is 13.4. The second kappa shape index (κ2) is 4.97.